The van der Waals surface area contributed by atoms with E-state index >= 15 is 0 Å². The number of rotatable bonds is 3. The van der Waals surface area contributed by atoms with Gasteiger partial charge in [0.15, 0.2) is 17.5 Å². The number of hydrogen-bond donors (Lipinski definition) is 0. The zero-order valence-electron chi connectivity index (χ0n) is 30.7. The van der Waals surface area contributed by atoms with Crippen LogP contribution in [0.3, 0.4) is 0 Å². The average molecular weight is 567 g/mol. The summed E-state index contributed by atoms with van der Waals surface area (Å²) < 4.78 is 86.1. The number of fused-ring (bicyclic) bond motifs is 7. The molecule has 1 aliphatic carbocycles. The van der Waals surface area contributed by atoms with Crippen molar-refractivity contribution in [1.29, 1.82) is 0 Å². The van der Waals surface area contributed by atoms with E-state index in [9.17, 15) is 1.37 Å². The molecule has 0 fully saturated rings. The van der Waals surface area contributed by atoms with Crippen LogP contribution in [0.1, 0.15) is 29.9 Å². The summed E-state index contributed by atoms with van der Waals surface area (Å²) in [6.45, 7) is 0. The maximum absolute atomic E-state index is 9.20. The van der Waals surface area contributed by atoms with E-state index in [1.165, 1.54) is 18.2 Å². The standard InChI is InChI=1S/C37H23N3OS/c1-2-9-23-20-24(17-16-22(23)8-1)35-38-36(25-18-19-27-26-10-4-6-15-32(26)42-33(27)21-25)40-37(39-35)29-12-7-14-31-34(29)28-11-3-5-13-30(28)41-31/h2-7,9-21H,1,8H2/i1D,2D,3D,8D,12D,13D,16D,17D,20D. The van der Waals surface area contributed by atoms with Gasteiger partial charge < -0.3 is 4.42 Å². The second kappa shape index (κ2) is 9.20. The van der Waals surface area contributed by atoms with Gasteiger partial charge in [-0.25, -0.2) is 15.0 Å². The minimum Gasteiger partial charge on any atom is -0.456 e. The summed E-state index contributed by atoms with van der Waals surface area (Å²) in [5, 5.41) is 3.03. The molecule has 4 nitrogen and oxygen atoms in total. The molecule has 0 bridgehead atoms. The molecule has 0 radical (unpaired) electrons. The van der Waals surface area contributed by atoms with Crippen molar-refractivity contribution in [2.24, 2.45) is 0 Å². The molecule has 0 N–H and O–H groups in total. The molecule has 0 amide bonds. The Morgan fingerprint density at radius 1 is 0.738 bits per heavy atom. The molecule has 0 saturated carbocycles. The molecule has 0 saturated heterocycles. The molecule has 2 atom stereocenters. The van der Waals surface area contributed by atoms with Crippen molar-refractivity contribution < 1.29 is 16.8 Å². The lowest BCUT2D eigenvalue weighted by atomic mass is 9.95. The van der Waals surface area contributed by atoms with Crippen LogP contribution in [0.4, 0.5) is 0 Å². The first-order valence-electron chi connectivity index (χ1n) is 17.9. The van der Waals surface area contributed by atoms with E-state index in [-0.39, 0.29) is 81.6 Å². The normalized spacial score (nSPS) is 19.7. The highest BCUT2D eigenvalue weighted by atomic mass is 32.1. The number of hydrogen-bond acceptors (Lipinski definition) is 5. The SMILES string of the molecule is [2H]C1=Cc2c([2H])c(-c3nc(-c4ccc5c(c4)sc4ccccc45)nc(-c4c([2H])ccc5oc6c([2H])cc([2H])cc6c45)n3)c([2H])c([2H])c2C([2H])C1[2H]. The molecule has 8 aromatic rings. The van der Waals surface area contributed by atoms with Crippen molar-refractivity contribution in [1.82, 2.24) is 15.0 Å². The molecule has 1 aliphatic rings. The Labute approximate surface area is 258 Å². The van der Waals surface area contributed by atoms with Gasteiger partial charge in [0.1, 0.15) is 11.2 Å². The van der Waals surface area contributed by atoms with Crippen molar-refractivity contribution in [3.8, 4) is 34.2 Å². The molecule has 2 unspecified atom stereocenters. The first kappa shape index (κ1) is 16.3. The second-order valence-electron chi connectivity index (χ2n) is 9.87. The first-order chi connectivity index (χ1) is 24.5. The third-order valence-corrected chi connectivity index (χ3v) is 8.50. The zero-order chi connectivity index (χ0) is 35.5. The highest BCUT2D eigenvalue weighted by molar-refractivity contribution is 7.25. The van der Waals surface area contributed by atoms with Gasteiger partial charge in [-0.05, 0) is 54.2 Å². The smallest absolute Gasteiger partial charge is 0.164 e. The maximum atomic E-state index is 9.20. The third kappa shape index (κ3) is 3.71. The zero-order valence-corrected chi connectivity index (χ0v) is 22.6. The number of para-hydroxylation sites is 1. The maximum Gasteiger partial charge on any atom is 0.164 e. The summed E-state index contributed by atoms with van der Waals surface area (Å²) in [6, 6.07) is 18.9. The number of thiophene rings is 1. The van der Waals surface area contributed by atoms with Gasteiger partial charge in [-0.2, -0.15) is 0 Å². The molecule has 5 heteroatoms. The number of furan rings is 1. The predicted molar refractivity (Wildman–Crippen MR) is 174 cm³/mol. The first-order valence-corrected chi connectivity index (χ1v) is 14.1. The lowest BCUT2D eigenvalue weighted by molar-refractivity contribution is 0.669. The van der Waals surface area contributed by atoms with E-state index in [1.807, 2.05) is 30.3 Å². The highest BCUT2D eigenvalue weighted by Crippen LogP contribution is 2.38. The van der Waals surface area contributed by atoms with Crippen LogP contribution in [0.2, 0.25) is 0 Å². The summed E-state index contributed by atoms with van der Waals surface area (Å²) in [7, 11) is 0. The van der Waals surface area contributed by atoms with Gasteiger partial charge in [0.2, 0.25) is 0 Å². The Kier molecular flexibility index (Phi) is 3.58. The van der Waals surface area contributed by atoms with Crippen molar-refractivity contribution in [2.45, 2.75) is 12.8 Å². The van der Waals surface area contributed by atoms with E-state index in [1.54, 1.807) is 23.5 Å². The van der Waals surface area contributed by atoms with Gasteiger partial charge >= 0.3 is 0 Å². The molecular formula is C37H23N3OS. The quantitative estimate of drug-likeness (QED) is 0.213. The Hall–Kier alpha value is -5.13. The van der Waals surface area contributed by atoms with Crippen LogP contribution in [-0.4, -0.2) is 15.0 Å². The summed E-state index contributed by atoms with van der Waals surface area (Å²) in [5.74, 6) is 0.0973. The molecule has 198 valence electrons. The molecular weight excluding hydrogens is 534 g/mol. The molecule has 0 spiro atoms. The molecule has 9 rings (SSSR count). The van der Waals surface area contributed by atoms with Crippen LogP contribution < -0.4 is 0 Å². The van der Waals surface area contributed by atoms with E-state index in [2.05, 4.69) is 12.1 Å². The van der Waals surface area contributed by atoms with Gasteiger partial charge in [-0.1, -0.05) is 84.8 Å². The van der Waals surface area contributed by atoms with Crippen LogP contribution in [-0.2, 0) is 6.40 Å². The van der Waals surface area contributed by atoms with E-state index < -0.39 is 18.8 Å². The highest BCUT2D eigenvalue weighted by Gasteiger charge is 2.19. The van der Waals surface area contributed by atoms with Crippen LogP contribution in [0, 0.1) is 0 Å². The molecule has 5 aromatic carbocycles. The molecule has 42 heavy (non-hydrogen) atoms. The summed E-state index contributed by atoms with van der Waals surface area (Å²) in [4.78, 5) is 14.4. The average Bonchev–Trinajstić information content (AvgIpc) is 3.67. The van der Waals surface area contributed by atoms with Crippen LogP contribution in [0.5, 0.6) is 0 Å². The largest absolute Gasteiger partial charge is 0.456 e. The van der Waals surface area contributed by atoms with Crippen LogP contribution in [0.25, 0.3) is 82.4 Å². The minimum absolute atomic E-state index is 0.0130. The Bertz CT molecular complexity index is 2850. The van der Waals surface area contributed by atoms with Gasteiger partial charge in [0.25, 0.3) is 0 Å². The third-order valence-electron chi connectivity index (χ3n) is 7.36. The van der Waals surface area contributed by atoms with Crippen molar-refractivity contribution in [3.05, 3.63) is 120 Å². The number of nitrogens with zero attached hydrogens (tertiary/aromatic N) is 3. The fourth-order valence-corrected chi connectivity index (χ4v) is 6.55. The molecule has 0 aliphatic heterocycles. The fraction of sp³-hybridized carbons (Fsp3) is 0.0541. The van der Waals surface area contributed by atoms with Crippen molar-refractivity contribution in [3.63, 3.8) is 0 Å². The number of allylic oxidation sites excluding steroid dienone is 1. The van der Waals surface area contributed by atoms with Gasteiger partial charge in [-0.15, -0.1) is 11.3 Å². The van der Waals surface area contributed by atoms with E-state index in [0.717, 1.165) is 20.2 Å². The van der Waals surface area contributed by atoms with Gasteiger partial charge in [-0.3, -0.25) is 0 Å². The van der Waals surface area contributed by atoms with Crippen LogP contribution >= 0.6 is 11.3 Å². The Morgan fingerprint density at radius 2 is 1.62 bits per heavy atom. The number of benzene rings is 5. The fourth-order valence-electron chi connectivity index (χ4n) is 5.41. The summed E-state index contributed by atoms with van der Waals surface area (Å²) in [6.07, 6.45) is -1.26. The lowest BCUT2D eigenvalue weighted by Gasteiger charge is -2.13. The molecule has 3 aromatic heterocycles. The van der Waals surface area contributed by atoms with E-state index in [4.69, 9.17) is 30.3 Å². The summed E-state index contributed by atoms with van der Waals surface area (Å²) >= 11 is 1.61. The van der Waals surface area contributed by atoms with Crippen molar-refractivity contribution in [2.75, 3.05) is 0 Å². The Morgan fingerprint density at radius 3 is 2.60 bits per heavy atom. The Balaban J connectivity index is 1.36. The minimum atomic E-state index is -1.31. The topological polar surface area (TPSA) is 51.8 Å². The number of aromatic nitrogens is 3. The van der Waals surface area contributed by atoms with Crippen molar-refractivity contribution >= 4 is 59.5 Å². The van der Waals surface area contributed by atoms with Gasteiger partial charge in [0, 0.05) is 50.4 Å². The molecule has 3 heterocycles. The van der Waals surface area contributed by atoms with Crippen LogP contribution in [0.15, 0.2) is 113 Å². The van der Waals surface area contributed by atoms with E-state index in [0.29, 0.717) is 21.9 Å². The monoisotopic (exact) mass is 566 g/mol. The summed E-state index contributed by atoms with van der Waals surface area (Å²) in [5.41, 5.74) is 1.47. The lowest BCUT2D eigenvalue weighted by Crippen LogP contribution is -2.01. The predicted octanol–water partition coefficient (Wildman–Crippen LogP) is 10.1. The second-order valence-corrected chi connectivity index (χ2v) is 11.0. The van der Waals surface area contributed by atoms with Gasteiger partial charge in [0.05, 0.1) is 9.60 Å².